The lowest BCUT2D eigenvalue weighted by Crippen LogP contribution is -3.00. The van der Waals surface area contributed by atoms with Crippen LogP contribution in [0.3, 0.4) is 0 Å². The highest BCUT2D eigenvalue weighted by Gasteiger charge is 2.18. The van der Waals surface area contributed by atoms with E-state index in [1.54, 1.807) is 0 Å². The molecule has 0 aliphatic rings. The van der Waals surface area contributed by atoms with Crippen molar-refractivity contribution in [3.8, 4) is 0 Å². The van der Waals surface area contributed by atoms with Crippen LogP contribution < -0.4 is 12.4 Å². The zero-order valence-corrected chi connectivity index (χ0v) is 10.9. The van der Waals surface area contributed by atoms with Crippen LogP contribution in [0.25, 0.3) is 0 Å². The summed E-state index contributed by atoms with van der Waals surface area (Å²) in [5.41, 5.74) is 0. The van der Waals surface area contributed by atoms with Gasteiger partial charge in [-0.3, -0.25) is 0 Å². The lowest BCUT2D eigenvalue weighted by molar-refractivity contribution is -0.911. The van der Waals surface area contributed by atoms with E-state index in [0.717, 1.165) is 17.4 Å². The molecule has 0 aromatic rings. The number of carbonyl (C=O) groups is 1. The van der Waals surface area contributed by atoms with Crippen molar-refractivity contribution in [2.45, 2.75) is 26.3 Å². The number of quaternary nitrogens is 1. The molecule has 4 heteroatoms. The third-order valence-electron chi connectivity index (χ3n) is 2.69. The zero-order valence-electron chi connectivity index (χ0n) is 10.1. The second kappa shape index (κ2) is 7.71. The monoisotopic (exact) mass is 235 g/mol. The topological polar surface area (TPSA) is 26.3 Å². The minimum absolute atomic E-state index is 0. The first kappa shape index (κ1) is 16.9. The molecule has 0 radical (unpaired) electrons. The van der Waals surface area contributed by atoms with Crippen LogP contribution in [0, 0.1) is 0 Å². The Balaban J connectivity index is 0. The summed E-state index contributed by atoms with van der Waals surface area (Å²) in [4.78, 5) is 10.7. The molecule has 0 aromatic heterocycles. The van der Waals surface area contributed by atoms with E-state index in [2.05, 4.69) is 34.5 Å². The average molecular weight is 236 g/mol. The van der Waals surface area contributed by atoms with Crippen LogP contribution in [0.1, 0.15) is 20.3 Å². The largest absolute Gasteiger partial charge is 1.00 e. The van der Waals surface area contributed by atoms with Crippen molar-refractivity contribution < 1.29 is 26.4 Å². The van der Waals surface area contributed by atoms with Crippen LogP contribution >= 0.6 is 0 Å². The van der Waals surface area contributed by atoms with E-state index in [1.165, 1.54) is 6.08 Å². The smallest absolute Gasteiger partial charge is 0.330 e. The molecule has 0 atom stereocenters. The first-order valence-electron chi connectivity index (χ1n) is 5.02. The number of hydrogen-bond acceptors (Lipinski definition) is 2. The van der Waals surface area contributed by atoms with Gasteiger partial charge in [-0.05, 0) is 13.8 Å². The Morgan fingerprint density at radius 3 is 2.40 bits per heavy atom. The summed E-state index contributed by atoms with van der Waals surface area (Å²) in [6.07, 6.45) is 2.09. The van der Waals surface area contributed by atoms with E-state index in [9.17, 15) is 4.79 Å². The molecule has 15 heavy (non-hydrogen) atoms. The second-order valence-corrected chi connectivity index (χ2v) is 4.32. The van der Waals surface area contributed by atoms with Crippen LogP contribution in [0.4, 0.5) is 0 Å². The molecule has 0 unspecified atom stereocenters. The van der Waals surface area contributed by atoms with Gasteiger partial charge in [-0.15, -0.1) is 0 Å². The standard InChI is InChI=1S/C11H22NO2.ClH/c1-6-11(13)14-9-7-8-12(4,5)10(2)3;/h6,10H,1,7-9H2,2-5H3;1H/q+1;/p-1. The molecule has 0 N–H and O–H groups in total. The number of carbonyl (C=O) groups excluding carboxylic acids is 1. The fraction of sp³-hybridized carbons (Fsp3) is 0.727. The van der Waals surface area contributed by atoms with Crippen molar-refractivity contribution >= 4 is 5.97 Å². The first-order valence-corrected chi connectivity index (χ1v) is 5.02. The molecule has 0 heterocycles. The quantitative estimate of drug-likeness (QED) is 0.245. The van der Waals surface area contributed by atoms with E-state index in [0.29, 0.717) is 12.6 Å². The predicted molar refractivity (Wildman–Crippen MR) is 57.9 cm³/mol. The average Bonchev–Trinajstić information content (AvgIpc) is 2.11. The maximum atomic E-state index is 10.7. The van der Waals surface area contributed by atoms with Crippen molar-refractivity contribution in [3.05, 3.63) is 12.7 Å². The van der Waals surface area contributed by atoms with Gasteiger partial charge in [0.15, 0.2) is 0 Å². The molecule has 0 rings (SSSR count). The Bertz CT molecular complexity index is 203. The van der Waals surface area contributed by atoms with Gasteiger partial charge in [-0.2, -0.15) is 0 Å². The summed E-state index contributed by atoms with van der Waals surface area (Å²) in [5.74, 6) is -0.333. The van der Waals surface area contributed by atoms with E-state index in [-0.39, 0.29) is 18.4 Å². The van der Waals surface area contributed by atoms with Crippen LogP contribution in [0.2, 0.25) is 0 Å². The second-order valence-electron chi connectivity index (χ2n) is 4.32. The zero-order chi connectivity index (χ0) is 11.2. The van der Waals surface area contributed by atoms with Gasteiger partial charge >= 0.3 is 5.97 Å². The van der Waals surface area contributed by atoms with E-state index < -0.39 is 0 Å². The predicted octanol–water partition coefficient (Wildman–Crippen LogP) is -1.41. The van der Waals surface area contributed by atoms with Crippen molar-refractivity contribution in [2.75, 3.05) is 27.2 Å². The van der Waals surface area contributed by atoms with Gasteiger partial charge in [0.25, 0.3) is 0 Å². The van der Waals surface area contributed by atoms with Crippen LogP contribution in [0.15, 0.2) is 12.7 Å². The Labute approximate surface area is 99.1 Å². The van der Waals surface area contributed by atoms with Crippen LogP contribution in [-0.2, 0) is 9.53 Å². The molecule has 0 spiro atoms. The number of esters is 1. The molecular weight excluding hydrogens is 214 g/mol. The number of hydrogen-bond donors (Lipinski definition) is 0. The number of rotatable bonds is 6. The summed E-state index contributed by atoms with van der Waals surface area (Å²) in [6.45, 7) is 9.22. The summed E-state index contributed by atoms with van der Waals surface area (Å²) < 4.78 is 5.85. The molecule has 0 aliphatic heterocycles. The minimum Gasteiger partial charge on any atom is -1.00 e. The Morgan fingerprint density at radius 2 is 2.00 bits per heavy atom. The Kier molecular flexibility index (Phi) is 8.68. The summed E-state index contributed by atoms with van der Waals surface area (Å²) in [6, 6.07) is 0.588. The first-order chi connectivity index (χ1) is 6.40. The highest BCUT2D eigenvalue weighted by atomic mass is 35.5. The third kappa shape index (κ3) is 7.40. The maximum absolute atomic E-state index is 10.7. The molecule has 0 bridgehead atoms. The van der Waals surface area contributed by atoms with Gasteiger partial charge in [0.2, 0.25) is 0 Å². The summed E-state index contributed by atoms with van der Waals surface area (Å²) in [5, 5.41) is 0. The van der Waals surface area contributed by atoms with Gasteiger partial charge in [0.05, 0.1) is 33.3 Å². The molecule has 3 nitrogen and oxygen atoms in total. The van der Waals surface area contributed by atoms with E-state index in [4.69, 9.17) is 4.74 Å². The highest BCUT2D eigenvalue weighted by molar-refractivity contribution is 5.81. The van der Waals surface area contributed by atoms with Gasteiger partial charge in [-0.25, -0.2) is 4.79 Å². The van der Waals surface area contributed by atoms with Crippen molar-refractivity contribution in [3.63, 3.8) is 0 Å². The van der Waals surface area contributed by atoms with Gasteiger partial charge in [0, 0.05) is 12.5 Å². The van der Waals surface area contributed by atoms with Crippen molar-refractivity contribution in [1.29, 1.82) is 0 Å². The number of ether oxygens (including phenoxy) is 1. The number of nitrogens with zero attached hydrogens (tertiary/aromatic N) is 1. The highest BCUT2D eigenvalue weighted by Crippen LogP contribution is 2.06. The van der Waals surface area contributed by atoms with Gasteiger partial charge in [-0.1, -0.05) is 6.58 Å². The Hall–Kier alpha value is -0.540. The van der Waals surface area contributed by atoms with Gasteiger partial charge in [0.1, 0.15) is 0 Å². The number of halogens is 1. The lowest BCUT2D eigenvalue weighted by atomic mass is 10.2. The van der Waals surface area contributed by atoms with E-state index >= 15 is 0 Å². The molecule has 0 aromatic carbocycles. The third-order valence-corrected chi connectivity index (χ3v) is 2.69. The Morgan fingerprint density at radius 1 is 1.47 bits per heavy atom. The van der Waals surface area contributed by atoms with Crippen LogP contribution in [-0.4, -0.2) is 43.7 Å². The summed E-state index contributed by atoms with van der Waals surface area (Å²) >= 11 is 0. The fourth-order valence-corrected chi connectivity index (χ4v) is 0.962. The van der Waals surface area contributed by atoms with Crippen molar-refractivity contribution in [1.82, 2.24) is 0 Å². The summed E-state index contributed by atoms with van der Waals surface area (Å²) in [7, 11) is 4.36. The van der Waals surface area contributed by atoms with Crippen LogP contribution in [0.5, 0.6) is 0 Å². The molecule has 0 saturated heterocycles. The SMILES string of the molecule is C=CC(=O)OCCC[N+](C)(C)C(C)C.[Cl-]. The fourth-order valence-electron chi connectivity index (χ4n) is 0.962. The molecule has 0 fully saturated rings. The molecule has 0 saturated carbocycles. The van der Waals surface area contributed by atoms with Crippen molar-refractivity contribution in [2.24, 2.45) is 0 Å². The normalized spacial score (nSPS) is 10.7. The molecular formula is C11H22ClNO2. The molecule has 90 valence electrons. The minimum atomic E-state index is -0.333. The van der Waals surface area contributed by atoms with Gasteiger partial charge < -0.3 is 21.6 Å². The lowest BCUT2D eigenvalue weighted by Gasteiger charge is -2.34. The molecule has 0 amide bonds. The maximum Gasteiger partial charge on any atom is 0.330 e. The molecule has 0 aliphatic carbocycles. The van der Waals surface area contributed by atoms with E-state index in [1.807, 2.05) is 0 Å².